The van der Waals surface area contributed by atoms with Gasteiger partial charge in [0.2, 0.25) is 0 Å². The summed E-state index contributed by atoms with van der Waals surface area (Å²) in [6.45, 7) is 2.97. The van der Waals surface area contributed by atoms with Crippen LogP contribution in [0.25, 0.3) is 0 Å². The van der Waals surface area contributed by atoms with E-state index in [9.17, 15) is 4.21 Å². The van der Waals surface area contributed by atoms with E-state index >= 15 is 0 Å². The maximum absolute atomic E-state index is 10.7. The maximum atomic E-state index is 10.7. The molecule has 0 saturated carbocycles. The van der Waals surface area contributed by atoms with Crippen molar-refractivity contribution < 1.29 is 8.95 Å². The van der Waals surface area contributed by atoms with Crippen LogP contribution >= 0.6 is 0 Å². The Labute approximate surface area is 58.0 Å². The highest BCUT2D eigenvalue weighted by molar-refractivity contribution is 7.84. The van der Waals surface area contributed by atoms with Crippen LogP contribution in [0.15, 0.2) is 0 Å². The molecule has 0 aromatic carbocycles. The largest absolute Gasteiger partial charge is 0.369 e. The van der Waals surface area contributed by atoms with E-state index in [-0.39, 0.29) is 0 Å². The molecule has 1 unspecified atom stereocenters. The molecule has 0 aromatic heterocycles. The summed E-state index contributed by atoms with van der Waals surface area (Å²) in [4.78, 5) is 0. The third-order valence-corrected chi connectivity index (χ3v) is 1.89. The predicted molar refractivity (Wildman–Crippen MR) is 38.6 cm³/mol. The summed E-state index contributed by atoms with van der Waals surface area (Å²) in [6.07, 6.45) is 0. The molecule has 0 aliphatic rings. The van der Waals surface area contributed by atoms with Crippen LogP contribution in [0, 0.1) is 0 Å². The van der Waals surface area contributed by atoms with E-state index in [0.717, 1.165) is 0 Å². The van der Waals surface area contributed by atoms with Gasteiger partial charge in [-0.3, -0.25) is 4.21 Å². The standard InChI is InChI=1S/C5H13NO2S/c1-2-8-5-9(7)4-3-6/h2-6H2,1H3. The van der Waals surface area contributed by atoms with Gasteiger partial charge in [0, 0.05) is 29.7 Å². The summed E-state index contributed by atoms with van der Waals surface area (Å²) in [6, 6.07) is 0. The monoisotopic (exact) mass is 151 g/mol. The Kier molecular flexibility index (Phi) is 6.24. The molecule has 1 atom stereocenters. The van der Waals surface area contributed by atoms with Gasteiger partial charge in [-0.25, -0.2) is 0 Å². The zero-order valence-corrected chi connectivity index (χ0v) is 6.45. The first-order valence-corrected chi connectivity index (χ1v) is 4.42. The van der Waals surface area contributed by atoms with Gasteiger partial charge < -0.3 is 10.5 Å². The molecule has 0 rings (SSSR count). The summed E-state index contributed by atoms with van der Waals surface area (Å²) in [7, 11) is -0.867. The number of nitrogens with two attached hydrogens (primary N) is 1. The first-order chi connectivity index (χ1) is 4.31. The summed E-state index contributed by atoms with van der Waals surface area (Å²) >= 11 is 0. The third-order valence-electron chi connectivity index (χ3n) is 0.764. The van der Waals surface area contributed by atoms with Crippen molar-refractivity contribution in [2.75, 3.05) is 24.8 Å². The number of rotatable bonds is 5. The van der Waals surface area contributed by atoms with Crippen molar-refractivity contribution in [1.82, 2.24) is 0 Å². The van der Waals surface area contributed by atoms with Crippen LogP contribution in [-0.4, -0.2) is 29.1 Å². The third kappa shape index (κ3) is 5.95. The molecule has 0 aliphatic carbocycles. The fourth-order valence-corrected chi connectivity index (χ4v) is 1.10. The average Bonchev–Trinajstić information content (AvgIpc) is 1.85. The van der Waals surface area contributed by atoms with E-state index < -0.39 is 10.8 Å². The number of hydrogen-bond acceptors (Lipinski definition) is 3. The number of hydrogen-bond donors (Lipinski definition) is 1. The van der Waals surface area contributed by atoms with Crippen LogP contribution in [0.2, 0.25) is 0 Å². The van der Waals surface area contributed by atoms with E-state index in [1.54, 1.807) is 0 Å². The lowest BCUT2D eigenvalue weighted by Gasteiger charge is -1.98. The van der Waals surface area contributed by atoms with E-state index in [1.807, 2.05) is 6.92 Å². The molecule has 0 amide bonds. The second-order valence-corrected chi connectivity index (χ2v) is 3.07. The molecule has 2 N–H and O–H groups in total. The van der Waals surface area contributed by atoms with E-state index in [4.69, 9.17) is 10.5 Å². The van der Waals surface area contributed by atoms with Gasteiger partial charge in [-0.2, -0.15) is 0 Å². The summed E-state index contributed by atoms with van der Waals surface area (Å²) < 4.78 is 15.6. The summed E-state index contributed by atoms with van der Waals surface area (Å²) in [5.74, 6) is 0.869. The topological polar surface area (TPSA) is 52.3 Å². The molecule has 0 radical (unpaired) electrons. The highest BCUT2D eigenvalue weighted by atomic mass is 32.2. The minimum absolute atomic E-state index is 0.327. The fourth-order valence-electron chi connectivity index (χ4n) is 0.367. The molecule has 9 heavy (non-hydrogen) atoms. The molecular weight excluding hydrogens is 138 g/mol. The van der Waals surface area contributed by atoms with Crippen molar-refractivity contribution in [3.8, 4) is 0 Å². The minimum atomic E-state index is -0.867. The van der Waals surface area contributed by atoms with Gasteiger partial charge >= 0.3 is 0 Å². The lowest BCUT2D eigenvalue weighted by molar-refractivity contribution is 0.196. The van der Waals surface area contributed by atoms with Crippen molar-refractivity contribution in [3.63, 3.8) is 0 Å². The zero-order valence-electron chi connectivity index (χ0n) is 5.63. The molecule has 4 heteroatoms. The molecule has 3 nitrogen and oxygen atoms in total. The maximum Gasteiger partial charge on any atom is 0.122 e. The second-order valence-electron chi connectivity index (χ2n) is 1.54. The van der Waals surface area contributed by atoms with E-state index in [1.165, 1.54) is 0 Å². The molecule has 0 heterocycles. The fraction of sp³-hybridized carbons (Fsp3) is 1.00. The molecule has 56 valence electrons. The van der Waals surface area contributed by atoms with E-state index in [0.29, 0.717) is 24.8 Å². The Hall–Kier alpha value is 0.0700. The van der Waals surface area contributed by atoms with Gasteiger partial charge in [-0.15, -0.1) is 0 Å². The molecule has 0 bridgehead atoms. The first kappa shape index (κ1) is 9.07. The first-order valence-electron chi connectivity index (χ1n) is 2.94. The summed E-state index contributed by atoms with van der Waals surface area (Å²) in [5, 5.41) is 0. The van der Waals surface area contributed by atoms with Crippen LogP contribution in [-0.2, 0) is 15.5 Å². The van der Waals surface area contributed by atoms with Crippen LogP contribution < -0.4 is 5.73 Å². The second kappa shape index (κ2) is 6.19. The highest BCUT2D eigenvalue weighted by Gasteiger charge is 1.94. The van der Waals surface area contributed by atoms with Crippen LogP contribution in [0.4, 0.5) is 0 Å². The van der Waals surface area contributed by atoms with Gasteiger partial charge in [-0.1, -0.05) is 0 Å². The Morgan fingerprint density at radius 1 is 1.67 bits per heavy atom. The lowest BCUT2D eigenvalue weighted by Crippen LogP contribution is -2.13. The van der Waals surface area contributed by atoms with Crippen molar-refractivity contribution in [2.24, 2.45) is 5.73 Å². The van der Waals surface area contributed by atoms with Gasteiger partial charge in [0.25, 0.3) is 0 Å². The van der Waals surface area contributed by atoms with Crippen molar-refractivity contribution >= 4 is 10.8 Å². The van der Waals surface area contributed by atoms with E-state index in [2.05, 4.69) is 0 Å². The normalized spacial score (nSPS) is 13.6. The SMILES string of the molecule is CCOCS(=O)CCN. The minimum Gasteiger partial charge on any atom is -0.369 e. The highest BCUT2D eigenvalue weighted by Crippen LogP contribution is 1.81. The Morgan fingerprint density at radius 3 is 2.78 bits per heavy atom. The van der Waals surface area contributed by atoms with Gasteiger partial charge in [0.05, 0.1) is 0 Å². The number of ether oxygens (including phenoxy) is 1. The quantitative estimate of drug-likeness (QED) is 0.586. The van der Waals surface area contributed by atoms with Crippen LogP contribution in [0.1, 0.15) is 6.92 Å². The lowest BCUT2D eigenvalue weighted by atomic mass is 10.8. The molecule has 0 aromatic rings. The van der Waals surface area contributed by atoms with Gasteiger partial charge in [0.1, 0.15) is 5.94 Å². The zero-order chi connectivity index (χ0) is 7.11. The van der Waals surface area contributed by atoms with Crippen molar-refractivity contribution in [1.29, 1.82) is 0 Å². The molecule has 0 fully saturated rings. The Balaban J connectivity index is 3.06. The Bertz CT molecular complexity index is 87.0. The summed E-state index contributed by atoms with van der Waals surface area (Å²) in [5.41, 5.74) is 5.15. The molecule has 0 saturated heterocycles. The van der Waals surface area contributed by atoms with Gasteiger partial charge in [0.15, 0.2) is 0 Å². The molecule has 0 aliphatic heterocycles. The van der Waals surface area contributed by atoms with Gasteiger partial charge in [-0.05, 0) is 6.92 Å². The van der Waals surface area contributed by atoms with Crippen molar-refractivity contribution in [2.45, 2.75) is 6.92 Å². The van der Waals surface area contributed by atoms with Crippen molar-refractivity contribution in [3.05, 3.63) is 0 Å². The van der Waals surface area contributed by atoms with Crippen LogP contribution in [0.5, 0.6) is 0 Å². The van der Waals surface area contributed by atoms with Crippen LogP contribution in [0.3, 0.4) is 0 Å². The predicted octanol–water partition coefficient (Wildman–Crippen LogP) is -0.312. The average molecular weight is 151 g/mol. The smallest absolute Gasteiger partial charge is 0.122 e. The Morgan fingerprint density at radius 2 is 2.33 bits per heavy atom. The molecule has 0 spiro atoms. The molecular formula is C5H13NO2S.